The van der Waals surface area contributed by atoms with E-state index in [1.54, 1.807) is 12.1 Å². The lowest BCUT2D eigenvalue weighted by Crippen LogP contribution is -2.09. The number of nitrogens with zero attached hydrogens (tertiary/aromatic N) is 2. The van der Waals surface area contributed by atoms with Crippen molar-refractivity contribution in [2.24, 2.45) is 0 Å². The first kappa shape index (κ1) is 15.4. The summed E-state index contributed by atoms with van der Waals surface area (Å²) in [4.78, 5) is 8.87. The molecule has 0 bridgehead atoms. The predicted molar refractivity (Wildman–Crippen MR) is 91.1 cm³/mol. The molecule has 6 heteroatoms. The number of benzene rings is 2. The van der Waals surface area contributed by atoms with Crippen LogP contribution in [0.1, 0.15) is 18.5 Å². The second-order valence-electron chi connectivity index (χ2n) is 5.45. The minimum atomic E-state index is -3.17. The average Bonchev–Trinajstić information content (AvgIpc) is 2.54. The van der Waals surface area contributed by atoms with E-state index < -0.39 is 9.84 Å². The molecule has 0 aliphatic rings. The summed E-state index contributed by atoms with van der Waals surface area (Å²) < 4.78 is 23.0. The minimum Gasteiger partial charge on any atom is -0.363 e. The molecule has 1 heterocycles. The molecular weight excluding hydrogens is 310 g/mol. The number of rotatable bonds is 4. The number of hydrogen-bond acceptors (Lipinski definition) is 5. The third kappa shape index (κ3) is 3.32. The second-order valence-corrected chi connectivity index (χ2v) is 7.46. The molecule has 0 fully saturated rings. The van der Waals surface area contributed by atoms with Crippen molar-refractivity contribution >= 4 is 26.6 Å². The van der Waals surface area contributed by atoms with Crippen LogP contribution in [-0.2, 0) is 9.84 Å². The minimum absolute atomic E-state index is 0.0121. The van der Waals surface area contributed by atoms with E-state index in [1.807, 2.05) is 43.3 Å². The van der Waals surface area contributed by atoms with E-state index in [4.69, 9.17) is 0 Å². The summed E-state index contributed by atoms with van der Waals surface area (Å²) in [6.07, 6.45) is 2.74. The highest BCUT2D eigenvalue weighted by molar-refractivity contribution is 7.90. The normalized spacial score (nSPS) is 13.0. The Hall–Kier alpha value is -2.47. The lowest BCUT2D eigenvalue weighted by atomic mass is 10.1. The standard InChI is InChI=1S/C17H17N3O2S/c1-12(13-7-9-14(10-8-13)23(2,21)22)20-17-15-5-3-4-6-16(15)18-11-19-17/h3-12H,1-2H3,(H,18,19,20). The number of para-hydroxylation sites is 1. The van der Waals surface area contributed by atoms with E-state index in [-0.39, 0.29) is 6.04 Å². The highest BCUT2D eigenvalue weighted by Crippen LogP contribution is 2.24. The van der Waals surface area contributed by atoms with E-state index >= 15 is 0 Å². The van der Waals surface area contributed by atoms with Gasteiger partial charge >= 0.3 is 0 Å². The fourth-order valence-electron chi connectivity index (χ4n) is 2.41. The maximum Gasteiger partial charge on any atom is 0.175 e. The van der Waals surface area contributed by atoms with E-state index in [2.05, 4.69) is 15.3 Å². The summed E-state index contributed by atoms with van der Waals surface area (Å²) >= 11 is 0. The molecule has 0 amide bonds. The van der Waals surface area contributed by atoms with E-state index in [1.165, 1.54) is 12.6 Å². The molecular formula is C17H17N3O2S. The number of sulfone groups is 1. The third-order valence-corrected chi connectivity index (χ3v) is 4.83. The SMILES string of the molecule is CC(Nc1ncnc2ccccc12)c1ccc(S(C)(=O)=O)cc1. The Morgan fingerprint density at radius 1 is 1.00 bits per heavy atom. The fraction of sp³-hybridized carbons (Fsp3) is 0.176. The molecule has 118 valence electrons. The van der Waals surface area contributed by atoms with Gasteiger partial charge < -0.3 is 5.32 Å². The van der Waals surface area contributed by atoms with Gasteiger partial charge in [0.15, 0.2) is 9.84 Å². The van der Waals surface area contributed by atoms with Gasteiger partial charge in [0.25, 0.3) is 0 Å². The van der Waals surface area contributed by atoms with Crippen LogP contribution in [0.3, 0.4) is 0 Å². The summed E-state index contributed by atoms with van der Waals surface area (Å²) in [5, 5.41) is 4.31. The van der Waals surface area contributed by atoms with Crippen molar-refractivity contribution in [3.63, 3.8) is 0 Å². The van der Waals surface area contributed by atoms with Crippen LogP contribution in [0.4, 0.5) is 5.82 Å². The first-order valence-corrected chi connectivity index (χ1v) is 9.10. The maximum absolute atomic E-state index is 11.5. The molecule has 0 aliphatic carbocycles. The van der Waals surface area contributed by atoms with Gasteiger partial charge in [-0.3, -0.25) is 0 Å². The van der Waals surface area contributed by atoms with Crippen LogP contribution < -0.4 is 5.32 Å². The Morgan fingerprint density at radius 2 is 1.70 bits per heavy atom. The van der Waals surface area contributed by atoms with E-state index in [9.17, 15) is 8.42 Å². The topological polar surface area (TPSA) is 72.0 Å². The smallest absolute Gasteiger partial charge is 0.175 e. The van der Waals surface area contributed by atoms with Gasteiger partial charge in [-0.2, -0.15) is 0 Å². The zero-order chi connectivity index (χ0) is 16.4. The number of anilines is 1. The van der Waals surface area contributed by atoms with Crippen LogP contribution in [-0.4, -0.2) is 24.6 Å². The van der Waals surface area contributed by atoms with Crippen LogP contribution in [0.5, 0.6) is 0 Å². The Labute approximate surface area is 135 Å². The molecule has 0 saturated heterocycles. The van der Waals surface area contributed by atoms with Gasteiger partial charge in [0, 0.05) is 17.7 Å². The van der Waals surface area contributed by atoms with E-state index in [0.717, 1.165) is 22.3 Å². The van der Waals surface area contributed by atoms with Gasteiger partial charge in [-0.1, -0.05) is 24.3 Å². The largest absolute Gasteiger partial charge is 0.363 e. The number of nitrogens with one attached hydrogen (secondary N) is 1. The quantitative estimate of drug-likeness (QED) is 0.796. The highest BCUT2D eigenvalue weighted by Gasteiger charge is 2.11. The number of hydrogen-bond donors (Lipinski definition) is 1. The molecule has 1 aromatic heterocycles. The molecule has 1 N–H and O–H groups in total. The van der Waals surface area contributed by atoms with Crippen LogP contribution >= 0.6 is 0 Å². The van der Waals surface area contributed by atoms with Crippen LogP contribution in [0, 0.1) is 0 Å². The van der Waals surface area contributed by atoms with Crippen molar-refractivity contribution < 1.29 is 8.42 Å². The van der Waals surface area contributed by atoms with Gasteiger partial charge in [0.2, 0.25) is 0 Å². The van der Waals surface area contributed by atoms with Crippen LogP contribution in [0.2, 0.25) is 0 Å². The van der Waals surface area contributed by atoms with Crippen LogP contribution in [0.25, 0.3) is 10.9 Å². The number of fused-ring (bicyclic) bond motifs is 1. The fourth-order valence-corrected chi connectivity index (χ4v) is 3.04. The van der Waals surface area contributed by atoms with Crippen molar-refractivity contribution in [2.45, 2.75) is 17.9 Å². The zero-order valence-corrected chi connectivity index (χ0v) is 13.7. The van der Waals surface area contributed by atoms with Crippen molar-refractivity contribution in [1.82, 2.24) is 9.97 Å². The molecule has 3 aromatic rings. The van der Waals surface area contributed by atoms with Crippen molar-refractivity contribution in [1.29, 1.82) is 0 Å². The van der Waals surface area contributed by atoms with Gasteiger partial charge in [-0.05, 0) is 36.8 Å². The lowest BCUT2D eigenvalue weighted by molar-refractivity contribution is 0.602. The Bertz CT molecular complexity index is 932. The molecule has 0 saturated carbocycles. The second kappa shape index (κ2) is 5.96. The summed E-state index contributed by atoms with van der Waals surface area (Å²) in [6, 6.07) is 14.7. The molecule has 2 aromatic carbocycles. The Kier molecular flexibility index (Phi) is 4.00. The van der Waals surface area contributed by atoms with Crippen molar-refractivity contribution in [2.75, 3.05) is 11.6 Å². The van der Waals surface area contributed by atoms with E-state index in [0.29, 0.717) is 4.90 Å². The monoisotopic (exact) mass is 327 g/mol. The molecule has 0 spiro atoms. The first-order valence-electron chi connectivity index (χ1n) is 7.21. The summed E-state index contributed by atoms with van der Waals surface area (Å²) in [5.74, 6) is 0.760. The molecule has 1 atom stereocenters. The summed E-state index contributed by atoms with van der Waals surface area (Å²) in [6.45, 7) is 2.01. The average molecular weight is 327 g/mol. The molecule has 5 nitrogen and oxygen atoms in total. The molecule has 1 unspecified atom stereocenters. The third-order valence-electron chi connectivity index (χ3n) is 3.70. The first-order chi connectivity index (χ1) is 10.9. The maximum atomic E-state index is 11.5. The number of aromatic nitrogens is 2. The zero-order valence-electron chi connectivity index (χ0n) is 12.9. The molecule has 23 heavy (non-hydrogen) atoms. The molecule has 3 rings (SSSR count). The van der Waals surface area contributed by atoms with Gasteiger partial charge in [-0.25, -0.2) is 18.4 Å². The highest BCUT2D eigenvalue weighted by atomic mass is 32.2. The predicted octanol–water partition coefficient (Wildman–Crippen LogP) is 3.21. The Balaban J connectivity index is 1.87. The van der Waals surface area contributed by atoms with Gasteiger partial charge in [0.05, 0.1) is 10.4 Å². The summed E-state index contributed by atoms with van der Waals surface area (Å²) in [7, 11) is -3.17. The van der Waals surface area contributed by atoms with Crippen molar-refractivity contribution in [3.8, 4) is 0 Å². The van der Waals surface area contributed by atoms with Crippen LogP contribution in [0.15, 0.2) is 59.8 Å². The van der Waals surface area contributed by atoms with Gasteiger partial charge in [-0.15, -0.1) is 0 Å². The molecule has 0 radical (unpaired) electrons. The molecule has 0 aliphatic heterocycles. The summed E-state index contributed by atoms with van der Waals surface area (Å²) in [5.41, 5.74) is 1.87. The van der Waals surface area contributed by atoms with Gasteiger partial charge in [0.1, 0.15) is 12.1 Å². The lowest BCUT2D eigenvalue weighted by Gasteiger charge is -2.16. The Morgan fingerprint density at radius 3 is 2.39 bits per heavy atom. The van der Waals surface area contributed by atoms with Crippen molar-refractivity contribution in [3.05, 3.63) is 60.4 Å².